The fraction of sp³-hybridized carbons (Fsp3) is 0.278. The van der Waals surface area contributed by atoms with Crippen molar-refractivity contribution in [2.45, 2.75) is 19.6 Å². The number of ether oxygens (including phenoxy) is 1. The first-order chi connectivity index (χ1) is 10.6. The van der Waals surface area contributed by atoms with Crippen molar-refractivity contribution in [2.75, 3.05) is 6.61 Å². The fourth-order valence-corrected chi connectivity index (χ4v) is 2.66. The molecule has 1 atom stereocenters. The molecule has 0 amide bonds. The van der Waals surface area contributed by atoms with Crippen LogP contribution < -0.4 is 9.30 Å². The predicted molar refractivity (Wildman–Crippen MR) is 85.8 cm³/mol. The van der Waals surface area contributed by atoms with Gasteiger partial charge in [-0.15, -0.1) is 0 Å². The normalized spacial score (nSPS) is 12.5. The molecule has 2 aromatic carbocycles. The monoisotopic (exact) mass is 297 g/mol. The first-order valence-corrected chi connectivity index (χ1v) is 7.44. The third kappa shape index (κ3) is 3.12. The Balaban J connectivity index is 1.67. The van der Waals surface area contributed by atoms with E-state index in [2.05, 4.69) is 21.3 Å². The summed E-state index contributed by atoms with van der Waals surface area (Å²) in [7, 11) is 2.01. The number of para-hydroxylation sites is 2. The van der Waals surface area contributed by atoms with Crippen molar-refractivity contribution in [3.8, 4) is 5.75 Å². The van der Waals surface area contributed by atoms with Crippen LogP contribution in [0.3, 0.4) is 0 Å². The number of fused-ring (bicyclic) bond motifs is 1. The number of hydrogen-bond donors (Lipinski definition) is 1. The topological polar surface area (TPSA) is 38.3 Å². The number of hydrogen-bond acceptors (Lipinski definition) is 2. The van der Waals surface area contributed by atoms with Crippen molar-refractivity contribution < 1.29 is 14.4 Å². The van der Waals surface area contributed by atoms with Crippen LogP contribution in [0.4, 0.5) is 0 Å². The summed E-state index contributed by atoms with van der Waals surface area (Å²) in [6.07, 6.45) is 1.44. The van der Waals surface area contributed by atoms with E-state index in [1.54, 1.807) is 0 Å². The maximum absolute atomic E-state index is 10.2. The predicted octanol–water partition coefficient (Wildman–Crippen LogP) is 2.21. The quantitative estimate of drug-likeness (QED) is 0.733. The van der Waals surface area contributed by atoms with Crippen LogP contribution in [0.15, 0.2) is 54.9 Å². The molecule has 4 heteroatoms. The Labute approximate surface area is 130 Å². The van der Waals surface area contributed by atoms with Gasteiger partial charge in [-0.25, -0.2) is 9.13 Å². The number of benzene rings is 2. The summed E-state index contributed by atoms with van der Waals surface area (Å²) < 4.78 is 9.78. The van der Waals surface area contributed by atoms with Crippen LogP contribution in [0.1, 0.15) is 5.56 Å². The third-order valence-corrected chi connectivity index (χ3v) is 3.72. The zero-order valence-electron chi connectivity index (χ0n) is 12.9. The summed E-state index contributed by atoms with van der Waals surface area (Å²) in [5.41, 5.74) is 3.41. The van der Waals surface area contributed by atoms with E-state index in [4.69, 9.17) is 4.74 Å². The lowest BCUT2D eigenvalue weighted by Gasteiger charge is -2.11. The van der Waals surface area contributed by atoms with E-state index < -0.39 is 6.10 Å². The van der Waals surface area contributed by atoms with E-state index >= 15 is 0 Å². The second-order valence-corrected chi connectivity index (χ2v) is 5.65. The van der Waals surface area contributed by atoms with E-state index in [9.17, 15) is 5.11 Å². The van der Waals surface area contributed by atoms with Crippen molar-refractivity contribution in [1.29, 1.82) is 0 Å². The molecule has 0 saturated heterocycles. The smallest absolute Gasteiger partial charge is 0.244 e. The SMILES string of the molecule is Cc1cccc(OCC(O)Cn2c[n+](C)c3ccccc32)c1. The number of aliphatic hydroxyl groups excluding tert-OH is 1. The summed E-state index contributed by atoms with van der Waals surface area (Å²) in [6.45, 7) is 2.81. The average Bonchev–Trinajstić information content (AvgIpc) is 2.82. The highest BCUT2D eigenvalue weighted by Gasteiger charge is 2.16. The molecule has 1 unspecified atom stereocenters. The summed E-state index contributed by atoms with van der Waals surface area (Å²) in [6, 6.07) is 16.0. The second kappa shape index (κ2) is 6.20. The van der Waals surface area contributed by atoms with Gasteiger partial charge in [0.05, 0.1) is 7.05 Å². The van der Waals surface area contributed by atoms with E-state index in [1.807, 2.05) is 56.7 Å². The van der Waals surface area contributed by atoms with Crippen LogP contribution >= 0.6 is 0 Å². The molecule has 3 rings (SSSR count). The number of imidazole rings is 1. The molecular weight excluding hydrogens is 276 g/mol. The van der Waals surface area contributed by atoms with Gasteiger partial charge < -0.3 is 9.84 Å². The Morgan fingerprint density at radius 2 is 2.00 bits per heavy atom. The van der Waals surface area contributed by atoms with Crippen LogP contribution in [0, 0.1) is 6.92 Å². The van der Waals surface area contributed by atoms with Gasteiger partial charge in [0.15, 0.2) is 11.0 Å². The van der Waals surface area contributed by atoms with Crippen molar-refractivity contribution in [3.05, 3.63) is 60.4 Å². The lowest BCUT2D eigenvalue weighted by molar-refractivity contribution is -0.645. The summed E-state index contributed by atoms with van der Waals surface area (Å²) in [5, 5.41) is 10.2. The van der Waals surface area contributed by atoms with Gasteiger partial charge in [0, 0.05) is 0 Å². The van der Waals surface area contributed by atoms with Gasteiger partial charge in [0.25, 0.3) is 0 Å². The number of aromatic nitrogens is 2. The van der Waals surface area contributed by atoms with Crippen LogP contribution in [0.2, 0.25) is 0 Å². The van der Waals surface area contributed by atoms with Gasteiger partial charge >= 0.3 is 0 Å². The maximum Gasteiger partial charge on any atom is 0.244 e. The largest absolute Gasteiger partial charge is 0.491 e. The molecule has 3 aromatic rings. The van der Waals surface area contributed by atoms with Gasteiger partial charge in [-0.1, -0.05) is 24.3 Å². The van der Waals surface area contributed by atoms with Crippen LogP contribution in [-0.4, -0.2) is 22.4 Å². The lowest BCUT2D eigenvalue weighted by Crippen LogP contribution is -2.27. The lowest BCUT2D eigenvalue weighted by atomic mass is 10.2. The highest BCUT2D eigenvalue weighted by atomic mass is 16.5. The molecule has 0 radical (unpaired) electrons. The number of aryl methyl sites for hydroxylation is 2. The highest BCUT2D eigenvalue weighted by Crippen LogP contribution is 2.14. The molecule has 0 aliphatic rings. The Hall–Kier alpha value is -2.33. The molecule has 4 nitrogen and oxygen atoms in total. The van der Waals surface area contributed by atoms with Crippen LogP contribution in [-0.2, 0) is 13.6 Å². The first kappa shape index (κ1) is 14.6. The Morgan fingerprint density at radius 3 is 2.82 bits per heavy atom. The Bertz CT molecular complexity index is 780. The summed E-state index contributed by atoms with van der Waals surface area (Å²) in [4.78, 5) is 0. The van der Waals surface area contributed by atoms with E-state index in [-0.39, 0.29) is 6.61 Å². The third-order valence-electron chi connectivity index (χ3n) is 3.72. The minimum absolute atomic E-state index is 0.277. The summed E-state index contributed by atoms with van der Waals surface area (Å²) in [5.74, 6) is 0.793. The standard InChI is InChI=1S/C18H21N2O2/c1-14-6-5-7-16(10-14)22-12-15(21)11-20-13-19(2)17-8-3-4-9-18(17)20/h3-10,13,15,21H,11-12H2,1-2H3/q+1. The fourth-order valence-electron chi connectivity index (χ4n) is 2.66. The van der Waals surface area contributed by atoms with Gasteiger partial charge in [0.1, 0.15) is 25.0 Å². The molecular formula is C18H21N2O2+. The van der Waals surface area contributed by atoms with Gasteiger partial charge in [-0.2, -0.15) is 0 Å². The zero-order chi connectivity index (χ0) is 15.5. The zero-order valence-corrected chi connectivity index (χ0v) is 12.9. The molecule has 0 spiro atoms. The molecule has 1 heterocycles. The van der Waals surface area contributed by atoms with Gasteiger partial charge in [-0.3, -0.25) is 0 Å². The molecule has 0 aliphatic carbocycles. The molecule has 0 saturated carbocycles. The van der Waals surface area contributed by atoms with E-state index in [0.717, 1.165) is 22.3 Å². The molecule has 1 N–H and O–H groups in total. The average molecular weight is 297 g/mol. The minimum atomic E-state index is -0.559. The van der Waals surface area contributed by atoms with Gasteiger partial charge in [0.2, 0.25) is 6.33 Å². The molecule has 1 aromatic heterocycles. The molecule has 0 aliphatic heterocycles. The Kier molecular flexibility index (Phi) is 4.11. The van der Waals surface area contributed by atoms with E-state index in [1.165, 1.54) is 0 Å². The van der Waals surface area contributed by atoms with Gasteiger partial charge in [-0.05, 0) is 36.8 Å². The van der Waals surface area contributed by atoms with Crippen molar-refractivity contribution in [3.63, 3.8) is 0 Å². The Morgan fingerprint density at radius 1 is 1.18 bits per heavy atom. The van der Waals surface area contributed by atoms with Crippen molar-refractivity contribution in [2.24, 2.45) is 7.05 Å². The summed E-state index contributed by atoms with van der Waals surface area (Å²) >= 11 is 0. The number of rotatable bonds is 5. The van der Waals surface area contributed by atoms with Crippen molar-refractivity contribution in [1.82, 2.24) is 4.57 Å². The number of nitrogens with zero attached hydrogens (tertiary/aromatic N) is 2. The minimum Gasteiger partial charge on any atom is -0.491 e. The van der Waals surface area contributed by atoms with Crippen molar-refractivity contribution >= 4 is 11.0 Å². The second-order valence-electron chi connectivity index (χ2n) is 5.65. The first-order valence-electron chi connectivity index (χ1n) is 7.44. The van der Waals surface area contributed by atoms with Crippen LogP contribution in [0.5, 0.6) is 5.75 Å². The highest BCUT2D eigenvalue weighted by molar-refractivity contribution is 5.71. The molecule has 0 bridgehead atoms. The molecule has 22 heavy (non-hydrogen) atoms. The van der Waals surface area contributed by atoms with Crippen LogP contribution in [0.25, 0.3) is 11.0 Å². The number of aliphatic hydroxyl groups is 1. The molecule has 114 valence electrons. The maximum atomic E-state index is 10.2. The molecule has 0 fully saturated rings. The van der Waals surface area contributed by atoms with E-state index in [0.29, 0.717) is 6.54 Å².